The van der Waals surface area contributed by atoms with Gasteiger partial charge in [0.25, 0.3) is 0 Å². The first-order valence-electron chi connectivity index (χ1n) is 9.21. The summed E-state index contributed by atoms with van der Waals surface area (Å²) in [5.41, 5.74) is 0.789. The lowest BCUT2D eigenvalue weighted by Crippen LogP contribution is -2.44. The molecule has 144 valence electrons. The summed E-state index contributed by atoms with van der Waals surface area (Å²) in [4.78, 5) is 28.7. The van der Waals surface area contributed by atoms with Crippen molar-refractivity contribution in [3.63, 3.8) is 0 Å². The Kier molecular flexibility index (Phi) is 7.09. The number of halogens is 1. The zero-order valence-electron chi connectivity index (χ0n) is 16.2. The first kappa shape index (κ1) is 20.7. The molecule has 0 N–H and O–H groups in total. The van der Waals surface area contributed by atoms with E-state index in [4.69, 9.17) is 0 Å². The van der Waals surface area contributed by atoms with E-state index in [9.17, 15) is 14.0 Å². The molecule has 1 fully saturated rings. The van der Waals surface area contributed by atoms with Crippen LogP contribution < -0.4 is 0 Å². The zero-order valence-corrected chi connectivity index (χ0v) is 17.1. The predicted octanol–water partition coefficient (Wildman–Crippen LogP) is 4.07. The molecule has 1 aliphatic rings. The number of benzene rings is 1. The SMILES string of the molecule is CC(C)CC(=O)N(CCN1C(=O)[C@H](C)S[C@H]1c1cccc(F)c1)C(C)C. The van der Waals surface area contributed by atoms with Crippen LogP contribution in [0.4, 0.5) is 4.39 Å². The first-order chi connectivity index (χ1) is 12.2. The molecule has 1 saturated heterocycles. The monoisotopic (exact) mass is 380 g/mol. The molecule has 2 atom stereocenters. The summed E-state index contributed by atoms with van der Waals surface area (Å²) in [5.74, 6) is 0.160. The van der Waals surface area contributed by atoms with Crippen LogP contribution in [0.2, 0.25) is 0 Å². The molecule has 0 unspecified atom stereocenters. The van der Waals surface area contributed by atoms with Gasteiger partial charge >= 0.3 is 0 Å². The van der Waals surface area contributed by atoms with Gasteiger partial charge in [-0.2, -0.15) is 0 Å². The van der Waals surface area contributed by atoms with E-state index in [1.165, 1.54) is 23.9 Å². The summed E-state index contributed by atoms with van der Waals surface area (Å²) in [6, 6.07) is 6.49. The van der Waals surface area contributed by atoms with E-state index in [0.717, 1.165) is 5.56 Å². The fourth-order valence-corrected chi connectivity index (χ4v) is 4.47. The van der Waals surface area contributed by atoms with Gasteiger partial charge in [0, 0.05) is 25.6 Å². The lowest BCUT2D eigenvalue weighted by atomic mass is 10.1. The number of amides is 2. The van der Waals surface area contributed by atoms with E-state index in [2.05, 4.69) is 0 Å². The van der Waals surface area contributed by atoms with Gasteiger partial charge in [-0.15, -0.1) is 11.8 Å². The highest BCUT2D eigenvalue weighted by atomic mass is 32.2. The Morgan fingerprint density at radius 1 is 1.31 bits per heavy atom. The van der Waals surface area contributed by atoms with Crippen molar-refractivity contribution in [3.05, 3.63) is 35.6 Å². The van der Waals surface area contributed by atoms with E-state index >= 15 is 0 Å². The molecule has 0 aliphatic carbocycles. The summed E-state index contributed by atoms with van der Waals surface area (Å²) in [5, 5.41) is -0.371. The van der Waals surface area contributed by atoms with Crippen LogP contribution in [0.1, 0.15) is 52.0 Å². The Morgan fingerprint density at radius 3 is 2.58 bits per heavy atom. The van der Waals surface area contributed by atoms with Crippen LogP contribution >= 0.6 is 11.8 Å². The molecule has 4 nitrogen and oxygen atoms in total. The number of nitrogens with zero attached hydrogens (tertiary/aromatic N) is 2. The summed E-state index contributed by atoms with van der Waals surface area (Å²) in [6.45, 7) is 10.9. The molecular weight excluding hydrogens is 351 g/mol. The van der Waals surface area contributed by atoms with E-state index in [0.29, 0.717) is 25.4 Å². The molecule has 1 aromatic carbocycles. The van der Waals surface area contributed by atoms with Gasteiger partial charge in [0.2, 0.25) is 11.8 Å². The second-order valence-corrected chi connectivity index (χ2v) is 8.92. The van der Waals surface area contributed by atoms with Crippen molar-refractivity contribution in [1.82, 2.24) is 9.80 Å². The highest BCUT2D eigenvalue weighted by molar-refractivity contribution is 8.01. The van der Waals surface area contributed by atoms with E-state index in [1.54, 1.807) is 11.0 Å². The maximum absolute atomic E-state index is 13.6. The molecular formula is C20H29FN2O2S. The molecule has 2 amide bonds. The average Bonchev–Trinajstić information content (AvgIpc) is 2.82. The van der Waals surface area contributed by atoms with Gasteiger partial charge in [-0.05, 0) is 44.4 Å². The van der Waals surface area contributed by atoms with Crippen molar-refractivity contribution < 1.29 is 14.0 Å². The minimum Gasteiger partial charge on any atom is -0.338 e. The maximum atomic E-state index is 13.6. The second-order valence-electron chi connectivity index (χ2n) is 7.50. The van der Waals surface area contributed by atoms with Crippen LogP contribution in [0.3, 0.4) is 0 Å². The topological polar surface area (TPSA) is 40.6 Å². The lowest BCUT2D eigenvalue weighted by Gasteiger charge is -2.31. The molecule has 6 heteroatoms. The summed E-state index contributed by atoms with van der Waals surface area (Å²) >= 11 is 1.53. The van der Waals surface area contributed by atoms with E-state index < -0.39 is 0 Å². The maximum Gasteiger partial charge on any atom is 0.236 e. The van der Waals surface area contributed by atoms with Crippen LogP contribution in [0.15, 0.2) is 24.3 Å². The molecule has 0 aromatic heterocycles. The van der Waals surface area contributed by atoms with Crippen LogP contribution in [-0.2, 0) is 9.59 Å². The Labute approximate surface area is 160 Å². The fraction of sp³-hybridized carbons (Fsp3) is 0.600. The fourth-order valence-electron chi connectivity index (χ4n) is 3.17. The lowest BCUT2D eigenvalue weighted by molar-refractivity contribution is -0.136. The molecule has 26 heavy (non-hydrogen) atoms. The summed E-state index contributed by atoms with van der Waals surface area (Å²) < 4.78 is 13.6. The van der Waals surface area contributed by atoms with Crippen LogP contribution in [0.5, 0.6) is 0 Å². The molecule has 1 aromatic rings. The Hall–Kier alpha value is -1.56. The quantitative estimate of drug-likeness (QED) is 0.716. The van der Waals surface area contributed by atoms with Gasteiger partial charge in [-0.1, -0.05) is 26.0 Å². The van der Waals surface area contributed by atoms with E-state index in [1.807, 2.05) is 45.6 Å². The molecule has 0 bridgehead atoms. The van der Waals surface area contributed by atoms with Gasteiger partial charge in [0.1, 0.15) is 11.2 Å². The summed E-state index contributed by atoms with van der Waals surface area (Å²) in [6.07, 6.45) is 0.505. The number of hydrogen-bond acceptors (Lipinski definition) is 3. The van der Waals surface area contributed by atoms with Crippen molar-refractivity contribution in [1.29, 1.82) is 0 Å². The van der Waals surface area contributed by atoms with Crippen molar-refractivity contribution in [2.75, 3.05) is 13.1 Å². The molecule has 0 spiro atoms. The molecule has 0 radical (unpaired) electrons. The van der Waals surface area contributed by atoms with Gasteiger partial charge in [0.05, 0.1) is 5.25 Å². The van der Waals surface area contributed by atoms with Crippen LogP contribution in [0, 0.1) is 11.7 Å². The third-order valence-corrected chi connectivity index (χ3v) is 5.88. The first-order valence-corrected chi connectivity index (χ1v) is 10.2. The Morgan fingerprint density at radius 2 is 2.00 bits per heavy atom. The number of thioether (sulfide) groups is 1. The van der Waals surface area contributed by atoms with E-state index in [-0.39, 0.29) is 34.3 Å². The standard InChI is InChI=1S/C20H29FN2O2S/c1-13(2)11-18(24)22(14(3)4)9-10-23-19(25)15(5)26-20(23)16-7-6-8-17(21)12-16/h6-8,12-15,20H,9-11H2,1-5H3/t15-,20-/m0/s1. The van der Waals surface area contributed by atoms with Crippen molar-refractivity contribution in [2.45, 2.75) is 57.7 Å². The second kappa shape index (κ2) is 8.89. The Balaban J connectivity index is 2.13. The van der Waals surface area contributed by atoms with Crippen molar-refractivity contribution in [3.8, 4) is 0 Å². The minimum atomic E-state index is -0.300. The number of carbonyl (C=O) groups excluding carboxylic acids is 2. The molecule has 1 aliphatic heterocycles. The normalized spacial score (nSPS) is 20.3. The van der Waals surface area contributed by atoms with Crippen LogP contribution in [0.25, 0.3) is 0 Å². The zero-order chi connectivity index (χ0) is 19.4. The third kappa shape index (κ3) is 5.00. The number of carbonyl (C=O) groups is 2. The highest BCUT2D eigenvalue weighted by Gasteiger charge is 2.38. The minimum absolute atomic E-state index is 0.0456. The smallest absolute Gasteiger partial charge is 0.236 e. The number of hydrogen-bond donors (Lipinski definition) is 0. The van der Waals surface area contributed by atoms with Gasteiger partial charge in [0.15, 0.2) is 0 Å². The largest absolute Gasteiger partial charge is 0.338 e. The van der Waals surface area contributed by atoms with Crippen molar-refractivity contribution in [2.24, 2.45) is 5.92 Å². The highest BCUT2D eigenvalue weighted by Crippen LogP contribution is 2.42. The van der Waals surface area contributed by atoms with Gasteiger partial charge in [-0.3, -0.25) is 9.59 Å². The third-order valence-electron chi connectivity index (χ3n) is 4.49. The van der Waals surface area contributed by atoms with Gasteiger partial charge in [-0.25, -0.2) is 4.39 Å². The van der Waals surface area contributed by atoms with Gasteiger partial charge < -0.3 is 9.80 Å². The molecule has 2 rings (SSSR count). The van der Waals surface area contributed by atoms with Crippen molar-refractivity contribution >= 4 is 23.6 Å². The molecule has 0 saturated carbocycles. The predicted molar refractivity (Wildman–Crippen MR) is 104 cm³/mol. The van der Waals surface area contributed by atoms with Crippen LogP contribution in [-0.4, -0.2) is 46.0 Å². The summed E-state index contributed by atoms with van der Waals surface area (Å²) in [7, 11) is 0. The molecule has 1 heterocycles. The number of rotatable bonds is 7. The Bertz CT molecular complexity index is 650. The average molecular weight is 381 g/mol.